The van der Waals surface area contributed by atoms with Gasteiger partial charge in [0.2, 0.25) is 6.79 Å². The summed E-state index contributed by atoms with van der Waals surface area (Å²) in [5.74, 6) is 1.97. The van der Waals surface area contributed by atoms with E-state index in [1.165, 1.54) is 0 Å². The quantitative estimate of drug-likeness (QED) is 0.794. The van der Waals surface area contributed by atoms with Crippen LogP contribution < -0.4 is 9.47 Å². The number of benzene rings is 1. The Kier molecular flexibility index (Phi) is 4.85. The van der Waals surface area contributed by atoms with E-state index in [-0.39, 0.29) is 18.8 Å². The molecule has 28 heavy (non-hydrogen) atoms. The average Bonchev–Trinajstić information content (AvgIpc) is 3.21. The van der Waals surface area contributed by atoms with E-state index in [2.05, 4.69) is 0 Å². The zero-order valence-electron chi connectivity index (χ0n) is 16.8. The Morgan fingerprint density at radius 1 is 1.18 bits per heavy atom. The SMILES string of the molecule is CC(C)(C)OC(=O)N1CCC(CCN2Cc3cc4c(cc3C2=O)OCO4)CC1. The summed E-state index contributed by atoms with van der Waals surface area (Å²) in [6.07, 6.45) is 2.62. The molecule has 0 aromatic heterocycles. The Labute approximate surface area is 165 Å². The molecule has 152 valence electrons. The molecule has 1 aromatic carbocycles. The van der Waals surface area contributed by atoms with Gasteiger partial charge in [0.25, 0.3) is 5.91 Å². The Balaban J connectivity index is 1.26. The molecule has 3 aliphatic rings. The Bertz CT molecular complexity index is 778. The Hall–Kier alpha value is -2.44. The third-order valence-corrected chi connectivity index (χ3v) is 5.55. The van der Waals surface area contributed by atoms with Crippen molar-refractivity contribution in [3.05, 3.63) is 23.3 Å². The second-order valence-corrected chi connectivity index (χ2v) is 8.79. The number of rotatable bonds is 3. The van der Waals surface area contributed by atoms with Crippen molar-refractivity contribution in [1.29, 1.82) is 0 Å². The summed E-state index contributed by atoms with van der Waals surface area (Å²) in [7, 11) is 0. The fourth-order valence-electron chi connectivity index (χ4n) is 4.01. The second-order valence-electron chi connectivity index (χ2n) is 8.79. The van der Waals surface area contributed by atoms with Crippen molar-refractivity contribution in [3.8, 4) is 11.5 Å². The molecule has 2 amide bonds. The van der Waals surface area contributed by atoms with E-state index in [0.29, 0.717) is 18.2 Å². The predicted molar refractivity (Wildman–Crippen MR) is 102 cm³/mol. The Morgan fingerprint density at radius 3 is 2.54 bits per heavy atom. The van der Waals surface area contributed by atoms with Crippen molar-refractivity contribution < 1.29 is 23.8 Å². The van der Waals surface area contributed by atoms with Crippen LogP contribution in [0.15, 0.2) is 12.1 Å². The molecule has 1 fully saturated rings. The zero-order chi connectivity index (χ0) is 19.9. The lowest BCUT2D eigenvalue weighted by Crippen LogP contribution is -2.42. The molecule has 0 atom stereocenters. The van der Waals surface area contributed by atoms with Gasteiger partial charge >= 0.3 is 6.09 Å². The van der Waals surface area contributed by atoms with Crippen LogP contribution in [0.2, 0.25) is 0 Å². The molecule has 0 bridgehead atoms. The second kappa shape index (κ2) is 7.18. The third kappa shape index (κ3) is 3.88. The number of amides is 2. The molecule has 0 saturated carbocycles. The lowest BCUT2D eigenvalue weighted by molar-refractivity contribution is 0.0178. The molecule has 0 aliphatic carbocycles. The largest absolute Gasteiger partial charge is 0.454 e. The number of piperidine rings is 1. The Morgan fingerprint density at radius 2 is 1.86 bits per heavy atom. The highest BCUT2D eigenvalue weighted by atomic mass is 16.7. The van der Waals surface area contributed by atoms with Crippen molar-refractivity contribution in [2.75, 3.05) is 26.4 Å². The van der Waals surface area contributed by atoms with Crippen molar-refractivity contribution >= 4 is 12.0 Å². The van der Waals surface area contributed by atoms with Gasteiger partial charge in [-0.3, -0.25) is 4.79 Å². The molecule has 1 saturated heterocycles. The van der Waals surface area contributed by atoms with E-state index < -0.39 is 5.60 Å². The number of carbonyl (C=O) groups is 2. The minimum absolute atomic E-state index is 0.0690. The lowest BCUT2D eigenvalue weighted by atomic mass is 9.93. The predicted octanol–water partition coefficient (Wildman–Crippen LogP) is 3.41. The normalized spacial score (nSPS) is 19.2. The van der Waals surface area contributed by atoms with Crippen molar-refractivity contribution in [3.63, 3.8) is 0 Å². The molecule has 0 radical (unpaired) electrons. The number of ether oxygens (including phenoxy) is 3. The summed E-state index contributed by atoms with van der Waals surface area (Å²) in [4.78, 5) is 28.6. The van der Waals surface area contributed by atoms with Gasteiger partial charge in [0, 0.05) is 31.7 Å². The van der Waals surface area contributed by atoms with E-state index in [4.69, 9.17) is 14.2 Å². The first-order valence-electron chi connectivity index (χ1n) is 10.00. The number of carbonyl (C=O) groups excluding carboxylic acids is 2. The average molecular weight is 388 g/mol. The number of hydrogen-bond donors (Lipinski definition) is 0. The van der Waals surface area contributed by atoms with Crippen molar-refractivity contribution in [2.24, 2.45) is 5.92 Å². The molecular weight excluding hydrogens is 360 g/mol. The maximum atomic E-state index is 12.7. The van der Waals surface area contributed by atoms with Gasteiger partial charge < -0.3 is 24.0 Å². The van der Waals surface area contributed by atoms with Crippen LogP contribution in [-0.2, 0) is 11.3 Å². The first-order chi connectivity index (χ1) is 13.3. The molecular formula is C21H28N2O5. The first-order valence-corrected chi connectivity index (χ1v) is 10.00. The minimum atomic E-state index is -0.463. The molecule has 0 spiro atoms. The third-order valence-electron chi connectivity index (χ3n) is 5.55. The topological polar surface area (TPSA) is 68.3 Å². The van der Waals surface area contributed by atoms with Gasteiger partial charge in [-0.25, -0.2) is 4.79 Å². The lowest BCUT2D eigenvalue weighted by Gasteiger charge is -2.34. The number of fused-ring (bicyclic) bond motifs is 2. The van der Waals surface area contributed by atoms with Gasteiger partial charge in [0.15, 0.2) is 11.5 Å². The molecule has 0 unspecified atom stereocenters. The fourth-order valence-corrected chi connectivity index (χ4v) is 4.01. The summed E-state index contributed by atoms with van der Waals surface area (Å²) in [5.41, 5.74) is 1.27. The maximum absolute atomic E-state index is 12.7. The van der Waals surface area contributed by atoms with Crippen LogP contribution in [0.3, 0.4) is 0 Å². The van der Waals surface area contributed by atoms with Gasteiger partial charge in [-0.1, -0.05) is 0 Å². The minimum Gasteiger partial charge on any atom is -0.454 e. The van der Waals surface area contributed by atoms with Gasteiger partial charge in [-0.05, 0) is 63.6 Å². The van der Waals surface area contributed by atoms with Crippen LogP contribution in [0.4, 0.5) is 4.79 Å². The molecule has 4 rings (SSSR count). The van der Waals surface area contributed by atoms with Gasteiger partial charge in [0.1, 0.15) is 5.60 Å². The van der Waals surface area contributed by atoms with E-state index in [9.17, 15) is 9.59 Å². The highest BCUT2D eigenvalue weighted by Crippen LogP contribution is 2.38. The van der Waals surface area contributed by atoms with Gasteiger partial charge in [-0.2, -0.15) is 0 Å². The maximum Gasteiger partial charge on any atom is 0.410 e. The van der Waals surface area contributed by atoms with Crippen molar-refractivity contribution in [2.45, 2.75) is 52.2 Å². The van der Waals surface area contributed by atoms with Gasteiger partial charge in [-0.15, -0.1) is 0 Å². The number of nitrogens with zero attached hydrogens (tertiary/aromatic N) is 2. The standard InChI is InChI=1S/C21H28N2O5/c1-21(2,3)28-20(25)22-7-4-14(5-8-22)6-9-23-12-15-10-17-18(27-13-26-17)11-16(15)19(23)24/h10-11,14H,4-9,12-13H2,1-3H3. The van der Waals surface area contributed by atoms with E-state index in [1.807, 2.05) is 31.7 Å². The smallest absolute Gasteiger partial charge is 0.410 e. The molecule has 3 aliphatic heterocycles. The molecule has 1 aromatic rings. The molecule has 7 nitrogen and oxygen atoms in total. The van der Waals surface area contributed by atoms with E-state index in [0.717, 1.165) is 55.8 Å². The molecule has 7 heteroatoms. The summed E-state index contributed by atoms with van der Waals surface area (Å²) >= 11 is 0. The van der Waals surface area contributed by atoms with Crippen molar-refractivity contribution in [1.82, 2.24) is 9.80 Å². The van der Waals surface area contributed by atoms with E-state index >= 15 is 0 Å². The van der Waals surface area contributed by atoms with Crippen LogP contribution in [0, 0.1) is 5.92 Å². The van der Waals surface area contributed by atoms with Crippen LogP contribution in [0.1, 0.15) is 56.0 Å². The van der Waals surface area contributed by atoms with Gasteiger partial charge in [0.05, 0.1) is 0 Å². The van der Waals surface area contributed by atoms with Crippen LogP contribution in [0.5, 0.6) is 11.5 Å². The number of hydrogen-bond acceptors (Lipinski definition) is 5. The fraction of sp³-hybridized carbons (Fsp3) is 0.619. The van der Waals surface area contributed by atoms with E-state index in [1.54, 1.807) is 11.0 Å². The number of likely N-dealkylation sites (tertiary alicyclic amines) is 1. The summed E-state index contributed by atoms with van der Waals surface area (Å²) in [5, 5.41) is 0. The molecule has 3 heterocycles. The van der Waals surface area contributed by atoms with Crippen LogP contribution in [0.25, 0.3) is 0 Å². The summed E-state index contributed by atoms with van der Waals surface area (Å²) < 4.78 is 16.3. The highest BCUT2D eigenvalue weighted by Gasteiger charge is 2.32. The van der Waals surface area contributed by atoms with Crippen LogP contribution in [-0.4, -0.2) is 53.8 Å². The summed E-state index contributed by atoms with van der Waals surface area (Å²) in [6, 6.07) is 3.73. The zero-order valence-corrected chi connectivity index (χ0v) is 16.8. The monoisotopic (exact) mass is 388 g/mol. The highest BCUT2D eigenvalue weighted by molar-refractivity contribution is 5.99. The summed E-state index contributed by atoms with van der Waals surface area (Å²) in [6.45, 7) is 8.67. The van der Waals surface area contributed by atoms with Crippen LogP contribution >= 0.6 is 0 Å². The first kappa shape index (κ1) is 18.9. The molecule has 0 N–H and O–H groups in total.